The Morgan fingerprint density at radius 1 is 1.33 bits per heavy atom. The van der Waals surface area contributed by atoms with Gasteiger partial charge in [-0.05, 0) is 37.7 Å². The van der Waals surface area contributed by atoms with Crippen molar-refractivity contribution < 1.29 is 9.72 Å². The summed E-state index contributed by atoms with van der Waals surface area (Å²) in [5.41, 5.74) is 0.194. The van der Waals surface area contributed by atoms with Gasteiger partial charge in [-0.1, -0.05) is 15.9 Å². The second-order valence-corrected chi connectivity index (χ2v) is 6.82. The number of rotatable bonds is 4. The zero-order valence-electron chi connectivity index (χ0n) is 11.4. The zero-order chi connectivity index (χ0) is 15.4. The first-order valence-electron chi connectivity index (χ1n) is 6.83. The van der Waals surface area contributed by atoms with Gasteiger partial charge in [0.05, 0.1) is 4.92 Å². The second-order valence-electron chi connectivity index (χ2n) is 5.28. The highest BCUT2D eigenvalue weighted by Crippen LogP contribution is 2.27. The van der Waals surface area contributed by atoms with Gasteiger partial charge in [0, 0.05) is 34.1 Å². The van der Waals surface area contributed by atoms with Crippen LogP contribution in [-0.2, 0) is 0 Å². The zero-order valence-corrected chi connectivity index (χ0v) is 13.7. The molecule has 1 amide bonds. The van der Waals surface area contributed by atoms with Crippen molar-refractivity contribution in [2.75, 3.05) is 6.54 Å². The normalized spacial score (nSPS) is 21.8. The van der Waals surface area contributed by atoms with Gasteiger partial charge in [-0.15, -0.1) is 11.6 Å². The lowest BCUT2D eigenvalue weighted by molar-refractivity contribution is -0.385. The summed E-state index contributed by atoms with van der Waals surface area (Å²) >= 11 is 9.23. The van der Waals surface area contributed by atoms with Gasteiger partial charge >= 0.3 is 0 Å². The van der Waals surface area contributed by atoms with E-state index in [4.69, 9.17) is 11.6 Å². The van der Waals surface area contributed by atoms with Crippen molar-refractivity contribution in [2.24, 2.45) is 5.92 Å². The molecular weight excluding hydrogens is 360 g/mol. The fourth-order valence-corrected chi connectivity index (χ4v) is 3.21. The number of hydrogen-bond donors (Lipinski definition) is 1. The Morgan fingerprint density at radius 3 is 2.62 bits per heavy atom. The van der Waals surface area contributed by atoms with E-state index in [2.05, 4.69) is 21.2 Å². The fourth-order valence-electron chi connectivity index (χ4n) is 2.48. The van der Waals surface area contributed by atoms with E-state index in [1.54, 1.807) is 6.07 Å². The third-order valence-corrected chi connectivity index (χ3v) is 4.58. The molecule has 0 bridgehead atoms. The number of nitro groups is 1. The molecule has 7 heteroatoms. The molecule has 5 nitrogen and oxygen atoms in total. The number of halogens is 2. The molecule has 21 heavy (non-hydrogen) atoms. The van der Waals surface area contributed by atoms with Crippen molar-refractivity contribution in [2.45, 2.75) is 31.1 Å². The quantitative estimate of drug-likeness (QED) is 0.493. The number of carbonyl (C=O) groups excluding carboxylic acids is 1. The number of nitrogens with one attached hydrogen (secondary N) is 1. The number of hydrogen-bond acceptors (Lipinski definition) is 3. The summed E-state index contributed by atoms with van der Waals surface area (Å²) in [6, 6.07) is 4.24. The molecule has 1 saturated carbocycles. The topological polar surface area (TPSA) is 72.2 Å². The molecule has 1 N–H and O–H groups in total. The molecule has 0 radical (unpaired) electrons. The average molecular weight is 376 g/mol. The maximum atomic E-state index is 12.1. The molecule has 0 atom stereocenters. The van der Waals surface area contributed by atoms with Crippen molar-refractivity contribution in [1.82, 2.24) is 5.32 Å². The Hall–Kier alpha value is -1.14. The van der Waals surface area contributed by atoms with E-state index in [0.29, 0.717) is 22.5 Å². The third kappa shape index (κ3) is 4.68. The fraction of sp³-hybridized carbons (Fsp3) is 0.500. The molecule has 1 aromatic rings. The Balaban J connectivity index is 1.95. The monoisotopic (exact) mass is 374 g/mol. The second kappa shape index (κ2) is 7.22. The van der Waals surface area contributed by atoms with E-state index in [1.807, 2.05) is 0 Å². The summed E-state index contributed by atoms with van der Waals surface area (Å²) in [6.07, 6.45) is 3.97. The van der Waals surface area contributed by atoms with Gasteiger partial charge in [0.25, 0.3) is 11.6 Å². The van der Waals surface area contributed by atoms with E-state index in [-0.39, 0.29) is 17.0 Å². The van der Waals surface area contributed by atoms with E-state index in [9.17, 15) is 14.9 Å². The van der Waals surface area contributed by atoms with Crippen LogP contribution in [-0.4, -0.2) is 22.8 Å². The van der Waals surface area contributed by atoms with Gasteiger partial charge in [0.1, 0.15) is 0 Å². The summed E-state index contributed by atoms with van der Waals surface area (Å²) in [7, 11) is 0. The van der Waals surface area contributed by atoms with Crippen LogP contribution in [0.3, 0.4) is 0 Å². The highest BCUT2D eigenvalue weighted by molar-refractivity contribution is 9.10. The first kappa shape index (κ1) is 16.2. The molecule has 0 aliphatic heterocycles. The number of non-ortho nitro benzene ring substituents is 1. The Morgan fingerprint density at radius 2 is 2.00 bits per heavy atom. The molecule has 1 aliphatic rings. The Labute approximate surface area is 136 Å². The van der Waals surface area contributed by atoms with Crippen molar-refractivity contribution in [3.8, 4) is 0 Å². The third-order valence-electron chi connectivity index (χ3n) is 3.68. The lowest BCUT2D eigenvalue weighted by Gasteiger charge is -2.25. The van der Waals surface area contributed by atoms with Gasteiger partial charge in [0.15, 0.2) is 0 Å². The molecule has 0 saturated heterocycles. The van der Waals surface area contributed by atoms with Crippen LogP contribution in [0.2, 0.25) is 0 Å². The van der Waals surface area contributed by atoms with Crippen molar-refractivity contribution in [1.29, 1.82) is 0 Å². The minimum Gasteiger partial charge on any atom is -0.352 e. The van der Waals surface area contributed by atoms with E-state index >= 15 is 0 Å². The highest BCUT2D eigenvalue weighted by Gasteiger charge is 2.20. The molecule has 1 aromatic carbocycles. The van der Waals surface area contributed by atoms with Crippen LogP contribution in [0.25, 0.3) is 0 Å². The standard InChI is InChI=1S/C14H16BrClN2O3/c15-11-5-10(6-13(7-11)18(20)21)14(19)17-8-9-1-3-12(16)4-2-9/h5-7,9,12H,1-4,8H2,(H,17,19). The van der Waals surface area contributed by atoms with Crippen LogP contribution in [0.5, 0.6) is 0 Å². The molecule has 0 unspecified atom stereocenters. The molecule has 1 fully saturated rings. The Bertz CT molecular complexity index is 545. The summed E-state index contributed by atoms with van der Waals surface area (Å²) in [5, 5.41) is 13.9. The maximum absolute atomic E-state index is 12.1. The first-order valence-corrected chi connectivity index (χ1v) is 8.06. The molecule has 1 aliphatic carbocycles. The van der Waals surface area contributed by atoms with Gasteiger partial charge in [0.2, 0.25) is 0 Å². The van der Waals surface area contributed by atoms with E-state index < -0.39 is 4.92 Å². The summed E-state index contributed by atoms with van der Waals surface area (Å²) in [6.45, 7) is 0.586. The minimum absolute atomic E-state index is 0.0998. The molecule has 114 valence electrons. The van der Waals surface area contributed by atoms with Crippen molar-refractivity contribution in [3.63, 3.8) is 0 Å². The number of amides is 1. The molecule has 0 spiro atoms. The predicted octanol–water partition coefficient (Wildman–Crippen LogP) is 3.88. The molecule has 0 aromatic heterocycles. The summed E-state index contributed by atoms with van der Waals surface area (Å²) in [4.78, 5) is 22.4. The van der Waals surface area contributed by atoms with Crippen molar-refractivity contribution >= 4 is 39.1 Å². The van der Waals surface area contributed by atoms with Gasteiger partial charge < -0.3 is 5.32 Å². The number of carbonyl (C=O) groups is 1. The van der Waals surface area contributed by atoms with Crippen LogP contribution >= 0.6 is 27.5 Å². The summed E-state index contributed by atoms with van der Waals surface area (Å²) in [5.74, 6) is 0.151. The lowest BCUT2D eigenvalue weighted by atomic mass is 9.89. The van der Waals surface area contributed by atoms with E-state index in [1.165, 1.54) is 12.1 Å². The summed E-state index contributed by atoms with van der Waals surface area (Å²) < 4.78 is 0.518. The van der Waals surface area contributed by atoms with Crippen LogP contribution in [0.1, 0.15) is 36.0 Å². The number of nitro benzene ring substituents is 1. The van der Waals surface area contributed by atoms with Gasteiger partial charge in [-0.3, -0.25) is 14.9 Å². The molecule has 0 heterocycles. The number of alkyl halides is 1. The number of benzene rings is 1. The van der Waals surface area contributed by atoms with E-state index in [0.717, 1.165) is 25.7 Å². The maximum Gasteiger partial charge on any atom is 0.271 e. The van der Waals surface area contributed by atoms with Crippen LogP contribution < -0.4 is 5.32 Å². The largest absolute Gasteiger partial charge is 0.352 e. The SMILES string of the molecule is O=C(NCC1CCC(Cl)CC1)c1cc(Br)cc([N+](=O)[O-])c1. The Kier molecular flexibility index (Phi) is 5.58. The minimum atomic E-state index is -0.511. The van der Waals surface area contributed by atoms with Crippen LogP contribution in [0, 0.1) is 16.0 Å². The molecular formula is C14H16BrClN2O3. The predicted molar refractivity (Wildman–Crippen MR) is 84.7 cm³/mol. The first-order chi connectivity index (χ1) is 9.95. The van der Waals surface area contributed by atoms with Crippen LogP contribution in [0.15, 0.2) is 22.7 Å². The van der Waals surface area contributed by atoms with Gasteiger partial charge in [-0.25, -0.2) is 0 Å². The van der Waals surface area contributed by atoms with Crippen LogP contribution in [0.4, 0.5) is 5.69 Å². The highest BCUT2D eigenvalue weighted by atomic mass is 79.9. The average Bonchev–Trinajstić information content (AvgIpc) is 2.45. The van der Waals surface area contributed by atoms with Crippen molar-refractivity contribution in [3.05, 3.63) is 38.3 Å². The lowest BCUT2D eigenvalue weighted by Crippen LogP contribution is -2.31. The number of nitrogens with zero attached hydrogens (tertiary/aromatic N) is 1. The smallest absolute Gasteiger partial charge is 0.271 e. The van der Waals surface area contributed by atoms with Gasteiger partial charge in [-0.2, -0.15) is 0 Å². The molecule has 2 rings (SSSR count).